The van der Waals surface area contributed by atoms with Gasteiger partial charge in [0.25, 0.3) is 0 Å². The Hall–Kier alpha value is -1.06. The molecule has 0 saturated heterocycles. The molecule has 17 heavy (non-hydrogen) atoms. The minimum absolute atomic E-state index is 0.227. The van der Waals surface area contributed by atoms with Crippen LogP contribution in [0.15, 0.2) is 18.2 Å². The normalized spacial score (nSPS) is 12.8. The van der Waals surface area contributed by atoms with Crippen LogP contribution in [0.25, 0.3) is 0 Å². The van der Waals surface area contributed by atoms with Gasteiger partial charge >= 0.3 is 0 Å². The van der Waals surface area contributed by atoms with Crippen molar-refractivity contribution in [2.75, 3.05) is 20.7 Å². The number of rotatable bonds is 6. The lowest BCUT2D eigenvalue weighted by Gasteiger charge is -2.18. The van der Waals surface area contributed by atoms with Gasteiger partial charge in [-0.15, -0.1) is 0 Å². The predicted octanol–water partition coefficient (Wildman–Crippen LogP) is 2.21. The molecule has 0 aliphatic rings. The summed E-state index contributed by atoms with van der Waals surface area (Å²) in [5.74, 6) is 0.931. The van der Waals surface area contributed by atoms with E-state index in [1.165, 1.54) is 5.56 Å². The summed E-state index contributed by atoms with van der Waals surface area (Å²) < 4.78 is 5.24. The Balaban J connectivity index is 2.53. The van der Waals surface area contributed by atoms with Crippen molar-refractivity contribution in [1.82, 2.24) is 4.90 Å². The molecule has 0 fully saturated rings. The Labute approximate surface area is 104 Å². The first kappa shape index (κ1) is 14.0. The quantitative estimate of drug-likeness (QED) is 0.823. The number of aryl methyl sites for hydroxylation is 1. The molecule has 1 atom stereocenters. The van der Waals surface area contributed by atoms with Gasteiger partial charge in [0.1, 0.15) is 5.75 Å². The second-order valence-electron chi connectivity index (χ2n) is 4.68. The van der Waals surface area contributed by atoms with Crippen LogP contribution in [0.5, 0.6) is 5.75 Å². The molecule has 3 nitrogen and oxygen atoms in total. The molecular formula is C14H23NO2. The molecule has 0 bridgehead atoms. The zero-order valence-corrected chi connectivity index (χ0v) is 11.2. The van der Waals surface area contributed by atoms with Crippen molar-refractivity contribution in [2.24, 2.45) is 0 Å². The highest BCUT2D eigenvalue weighted by Gasteiger charge is 2.04. The van der Waals surface area contributed by atoms with E-state index < -0.39 is 0 Å². The van der Waals surface area contributed by atoms with Crippen LogP contribution in [0.2, 0.25) is 0 Å². The number of aliphatic hydroxyl groups is 1. The van der Waals surface area contributed by atoms with Gasteiger partial charge in [0, 0.05) is 13.1 Å². The average molecular weight is 237 g/mol. The summed E-state index contributed by atoms with van der Waals surface area (Å²) in [4.78, 5) is 2.22. The molecule has 3 heteroatoms. The Morgan fingerprint density at radius 1 is 1.41 bits per heavy atom. The van der Waals surface area contributed by atoms with Crippen LogP contribution in [-0.4, -0.2) is 36.8 Å². The first-order chi connectivity index (χ1) is 8.02. The van der Waals surface area contributed by atoms with E-state index in [2.05, 4.69) is 31.0 Å². The second kappa shape index (κ2) is 6.62. The van der Waals surface area contributed by atoms with Crippen molar-refractivity contribution in [2.45, 2.75) is 32.9 Å². The van der Waals surface area contributed by atoms with E-state index in [0.29, 0.717) is 0 Å². The molecule has 0 heterocycles. The Bertz CT molecular complexity index is 350. The van der Waals surface area contributed by atoms with Gasteiger partial charge in [-0.05, 0) is 44.5 Å². The summed E-state index contributed by atoms with van der Waals surface area (Å²) in [6.07, 6.45) is 0.584. The van der Waals surface area contributed by atoms with Gasteiger partial charge < -0.3 is 14.7 Å². The van der Waals surface area contributed by atoms with Gasteiger partial charge in [-0.3, -0.25) is 0 Å². The van der Waals surface area contributed by atoms with Crippen LogP contribution in [0, 0.1) is 6.92 Å². The number of hydrogen-bond acceptors (Lipinski definition) is 3. The molecule has 0 aromatic heterocycles. The number of benzene rings is 1. The first-order valence-corrected chi connectivity index (χ1v) is 6.03. The fourth-order valence-electron chi connectivity index (χ4n) is 1.84. The fraction of sp³-hybridized carbons (Fsp3) is 0.571. The van der Waals surface area contributed by atoms with E-state index in [1.807, 2.05) is 13.0 Å². The highest BCUT2D eigenvalue weighted by atomic mass is 16.5. The third-order valence-corrected chi connectivity index (χ3v) is 2.84. The molecule has 1 rings (SSSR count). The molecule has 1 N–H and O–H groups in total. The van der Waals surface area contributed by atoms with E-state index in [9.17, 15) is 5.11 Å². The van der Waals surface area contributed by atoms with Crippen LogP contribution < -0.4 is 4.74 Å². The maximum atomic E-state index is 9.24. The first-order valence-electron chi connectivity index (χ1n) is 6.03. The summed E-state index contributed by atoms with van der Waals surface area (Å²) in [6.45, 7) is 5.68. The maximum Gasteiger partial charge on any atom is 0.121 e. The van der Waals surface area contributed by atoms with E-state index in [0.717, 1.165) is 30.8 Å². The summed E-state index contributed by atoms with van der Waals surface area (Å²) in [5, 5.41) is 9.24. The summed E-state index contributed by atoms with van der Waals surface area (Å²) in [6, 6.07) is 6.25. The van der Waals surface area contributed by atoms with E-state index in [1.54, 1.807) is 7.11 Å². The van der Waals surface area contributed by atoms with E-state index >= 15 is 0 Å². The molecule has 0 aliphatic heterocycles. The highest BCUT2D eigenvalue weighted by Crippen LogP contribution is 2.19. The van der Waals surface area contributed by atoms with Crippen molar-refractivity contribution in [1.29, 1.82) is 0 Å². The van der Waals surface area contributed by atoms with Crippen LogP contribution in [0.3, 0.4) is 0 Å². The zero-order chi connectivity index (χ0) is 12.8. The maximum absolute atomic E-state index is 9.24. The number of hydrogen-bond donors (Lipinski definition) is 1. The summed E-state index contributed by atoms with van der Waals surface area (Å²) in [7, 11) is 3.76. The van der Waals surface area contributed by atoms with Gasteiger partial charge in [-0.25, -0.2) is 0 Å². The molecule has 1 unspecified atom stereocenters. The van der Waals surface area contributed by atoms with Crippen molar-refractivity contribution in [3.05, 3.63) is 29.3 Å². The molecule has 0 amide bonds. The fourth-order valence-corrected chi connectivity index (χ4v) is 1.84. The largest absolute Gasteiger partial charge is 0.496 e. The standard InChI is InChI=1S/C14H23NO2/c1-11-9-13(5-6-14(11)17-4)10-15(3)8-7-12(2)16/h5-6,9,12,16H,7-8,10H2,1-4H3. The molecule has 1 aromatic carbocycles. The molecular weight excluding hydrogens is 214 g/mol. The van der Waals surface area contributed by atoms with Crippen molar-refractivity contribution >= 4 is 0 Å². The Morgan fingerprint density at radius 2 is 2.12 bits per heavy atom. The third kappa shape index (κ3) is 4.75. The molecule has 0 spiro atoms. The lowest BCUT2D eigenvalue weighted by Crippen LogP contribution is -2.22. The second-order valence-corrected chi connectivity index (χ2v) is 4.68. The van der Waals surface area contributed by atoms with Crippen molar-refractivity contribution < 1.29 is 9.84 Å². The van der Waals surface area contributed by atoms with Crippen molar-refractivity contribution in [3.63, 3.8) is 0 Å². The topological polar surface area (TPSA) is 32.7 Å². The summed E-state index contributed by atoms with van der Waals surface area (Å²) >= 11 is 0. The highest BCUT2D eigenvalue weighted by molar-refractivity contribution is 5.36. The smallest absolute Gasteiger partial charge is 0.121 e. The molecule has 1 aromatic rings. The molecule has 96 valence electrons. The lowest BCUT2D eigenvalue weighted by atomic mass is 10.1. The summed E-state index contributed by atoms with van der Waals surface area (Å²) in [5.41, 5.74) is 2.44. The van der Waals surface area contributed by atoms with E-state index in [-0.39, 0.29) is 6.10 Å². The molecule has 0 saturated carbocycles. The number of nitrogens with zero attached hydrogens (tertiary/aromatic N) is 1. The molecule has 0 aliphatic carbocycles. The zero-order valence-electron chi connectivity index (χ0n) is 11.2. The van der Waals surface area contributed by atoms with Gasteiger partial charge in [0.05, 0.1) is 13.2 Å². The SMILES string of the molecule is COc1ccc(CN(C)CCC(C)O)cc1C. The average Bonchev–Trinajstić information content (AvgIpc) is 2.26. The Morgan fingerprint density at radius 3 is 2.65 bits per heavy atom. The lowest BCUT2D eigenvalue weighted by molar-refractivity contribution is 0.163. The number of aliphatic hydroxyl groups excluding tert-OH is 1. The predicted molar refractivity (Wildman–Crippen MR) is 70.4 cm³/mol. The Kier molecular flexibility index (Phi) is 5.45. The van der Waals surface area contributed by atoms with Crippen molar-refractivity contribution in [3.8, 4) is 5.75 Å². The molecule has 0 radical (unpaired) electrons. The minimum Gasteiger partial charge on any atom is -0.496 e. The van der Waals surface area contributed by atoms with Gasteiger partial charge in [-0.1, -0.05) is 12.1 Å². The van der Waals surface area contributed by atoms with Crippen LogP contribution in [0.1, 0.15) is 24.5 Å². The van der Waals surface area contributed by atoms with Crippen LogP contribution >= 0.6 is 0 Å². The monoisotopic (exact) mass is 237 g/mol. The minimum atomic E-state index is -0.227. The van der Waals surface area contributed by atoms with E-state index in [4.69, 9.17) is 4.74 Å². The third-order valence-electron chi connectivity index (χ3n) is 2.84. The number of methoxy groups -OCH3 is 1. The van der Waals surface area contributed by atoms with Gasteiger partial charge in [0.15, 0.2) is 0 Å². The van der Waals surface area contributed by atoms with Gasteiger partial charge in [-0.2, -0.15) is 0 Å². The van der Waals surface area contributed by atoms with Gasteiger partial charge in [0.2, 0.25) is 0 Å². The van der Waals surface area contributed by atoms with Crippen LogP contribution in [-0.2, 0) is 6.54 Å². The number of ether oxygens (including phenoxy) is 1. The van der Waals surface area contributed by atoms with Crippen LogP contribution in [0.4, 0.5) is 0 Å².